The number of rotatable bonds is 5. The normalized spacial score (nSPS) is 10.8. The number of anilines is 1. The van der Waals surface area contributed by atoms with Gasteiger partial charge < -0.3 is 10.1 Å². The monoisotopic (exact) mass is 389 g/mol. The van der Waals surface area contributed by atoms with Gasteiger partial charge >= 0.3 is 0 Å². The fourth-order valence-corrected chi connectivity index (χ4v) is 3.07. The molecule has 2 aromatic carbocycles. The van der Waals surface area contributed by atoms with Crippen molar-refractivity contribution in [2.24, 2.45) is 0 Å². The van der Waals surface area contributed by atoms with Crippen molar-refractivity contribution in [1.29, 1.82) is 0 Å². The van der Waals surface area contributed by atoms with E-state index in [0.717, 1.165) is 11.3 Å². The summed E-state index contributed by atoms with van der Waals surface area (Å²) < 4.78 is 8.00. The minimum absolute atomic E-state index is 0.149. The average molecular weight is 389 g/mol. The first kappa shape index (κ1) is 18.4. The highest BCUT2D eigenvalue weighted by atomic mass is 16.5. The van der Waals surface area contributed by atoms with Gasteiger partial charge in [0.05, 0.1) is 19.0 Å². The summed E-state index contributed by atoms with van der Waals surface area (Å²) in [6.45, 7) is 1.82. The SMILES string of the molecule is COc1ccc(NC(=O)Cn2cnc3c(cnn3-c3ccccc3C)c2=O)cc1. The maximum absolute atomic E-state index is 12.8. The van der Waals surface area contributed by atoms with Crippen LogP contribution in [0.4, 0.5) is 5.69 Å². The molecule has 0 aliphatic heterocycles. The Balaban J connectivity index is 1.59. The molecule has 29 heavy (non-hydrogen) atoms. The summed E-state index contributed by atoms with van der Waals surface area (Å²) in [6, 6.07) is 14.7. The van der Waals surface area contributed by atoms with E-state index in [9.17, 15) is 9.59 Å². The molecule has 0 saturated carbocycles. The minimum Gasteiger partial charge on any atom is -0.497 e. The van der Waals surface area contributed by atoms with Crippen molar-refractivity contribution >= 4 is 22.6 Å². The number of methoxy groups -OCH3 is 1. The molecule has 0 atom stereocenters. The smallest absolute Gasteiger partial charge is 0.264 e. The minimum atomic E-state index is -0.329. The number of hydrogen-bond donors (Lipinski definition) is 1. The molecule has 146 valence electrons. The van der Waals surface area contributed by atoms with Crippen LogP contribution in [0.3, 0.4) is 0 Å². The zero-order valence-electron chi connectivity index (χ0n) is 16.0. The van der Waals surface area contributed by atoms with Gasteiger partial charge in [0.25, 0.3) is 5.56 Å². The van der Waals surface area contributed by atoms with Crippen LogP contribution in [0.15, 0.2) is 65.8 Å². The van der Waals surface area contributed by atoms with Gasteiger partial charge in [-0.1, -0.05) is 18.2 Å². The predicted molar refractivity (Wildman–Crippen MR) is 109 cm³/mol. The van der Waals surface area contributed by atoms with Gasteiger partial charge in [-0.3, -0.25) is 14.2 Å². The molecular weight excluding hydrogens is 370 g/mol. The molecule has 8 heteroatoms. The predicted octanol–water partition coefficient (Wildman–Crippen LogP) is 2.54. The van der Waals surface area contributed by atoms with Crippen LogP contribution in [-0.4, -0.2) is 32.3 Å². The second-order valence-corrected chi connectivity index (χ2v) is 6.53. The van der Waals surface area contributed by atoms with Crippen molar-refractivity contribution in [2.45, 2.75) is 13.5 Å². The van der Waals surface area contributed by atoms with Gasteiger partial charge in [0.15, 0.2) is 5.65 Å². The van der Waals surface area contributed by atoms with Crippen LogP contribution in [-0.2, 0) is 11.3 Å². The van der Waals surface area contributed by atoms with Gasteiger partial charge in [-0.05, 0) is 42.8 Å². The maximum Gasteiger partial charge on any atom is 0.264 e. The number of aryl methyl sites for hydroxylation is 1. The summed E-state index contributed by atoms with van der Waals surface area (Å²) in [6.07, 6.45) is 2.85. The molecule has 1 amide bonds. The molecule has 0 fully saturated rings. The zero-order chi connectivity index (χ0) is 20.4. The van der Waals surface area contributed by atoms with Crippen LogP contribution < -0.4 is 15.6 Å². The Bertz CT molecular complexity index is 1240. The molecule has 8 nitrogen and oxygen atoms in total. The Morgan fingerprint density at radius 2 is 1.90 bits per heavy atom. The van der Waals surface area contributed by atoms with E-state index >= 15 is 0 Å². The van der Waals surface area contributed by atoms with Crippen molar-refractivity contribution in [1.82, 2.24) is 19.3 Å². The summed E-state index contributed by atoms with van der Waals surface area (Å²) >= 11 is 0. The molecular formula is C21H19N5O3. The Kier molecular flexibility index (Phi) is 4.82. The number of nitrogens with zero attached hydrogens (tertiary/aromatic N) is 4. The third kappa shape index (κ3) is 3.60. The molecule has 4 rings (SSSR count). The summed E-state index contributed by atoms with van der Waals surface area (Å²) in [7, 11) is 1.57. The Hall–Kier alpha value is -3.94. The second-order valence-electron chi connectivity index (χ2n) is 6.53. The first-order valence-corrected chi connectivity index (χ1v) is 9.00. The van der Waals surface area contributed by atoms with Crippen molar-refractivity contribution in [3.05, 3.63) is 77.0 Å². The Morgan fingerprint density at radius 3 is 2.62 bits per heavy atom. The fourth-order valence-electron chi connectivity index (χ4n) is 3.07. The number of para-hydroxylation sites is 1. The van der Waals surface area contributed by atoms with E-state index < -0.39 is 0 Å². The van der Waals surface area contributed by atoms with E-state index in [4.69, 9.17) is 4.74 Å². The van der Waals surface area contributed by atoms with Gasteiger partial charge in [0.2, 0.25) is 5.91 Å². The van der Waals surface area contributed by atoms with Crippen LogP contribution in [0.5, 0.6) is 5.75 Å². The Morgan fingerprint density at radius 1 is 1.14 bits per heavy atom. The number of nitrogens with one attached hydrogen (secondary N) is 1. The van der Waals surface area contributed by atoms with Gasteiger partial charge in [0, 0.05) is 5.69 Å². The molecule has 2 aromatic heterocycles. The summed E-state index contributed by atoms with van der Waals surface area (Å²) in [5, 5.41) is 7.43. The number of aromatic nitrogens is 4. The molecule has 0 radical (unpaired) electrons. The highest BCUT2D eigenvalue weighted by molar-refractivity contribution is 5.90. The van der Waals surface area contributed by atoms with Crippen molar-refractivity contribution in [3.63, 3.8) is 0 Å². The van der Waals surface area contributed by atoms with Crippen LogP contribution in [0.1, 0.15) is 5.56 Å². The molecule has 0 unspecified atom stereocenters. The molecule has 1 N–H and O–H groups in total. The quantitative estimate of drug-likeness (QED) is 0.566. The number of hydrogen-bond acceptors (Lipinski definition) is 5. The van der Waals surface area contributed by atoms with Gasteiger partial charge in [-0.15, -0.1) is 0 Å². The standard InChI is InChI=1S/C21H19N5O3/c1-14-5-3-4-6-18(14)26-20-17(11-23-26)21(28)25(13-22-20)12-19(27)24-15-7-9-16(29-2)10-8-15/h3-11,13H,12H2,1-2H3,(H,24,27). The number of ether oxygens (including phenoxy) is 1. The number of carbonyl (C=O) groups is 1. The third-order valence-electron chi connectivity index (χ3n) is 4.59. The number of amides is 1. The molecule has 0 aliphatic carbocycles. The lowest BCUT2D eigenvalue weighted by atomic mass is 10.2. The molecule has 0 bridgehead atoms. The van der Waals surface area contributed by atoms with E-state index in [2.05, 4.69) is 15.4 Å². The topological polar surface area (TPSA) is 91.0 Å². The van der Waals surface area contributed by atoms with Crippen LogP contribution >= 0.6 is 0 Å². The molecule has 2 heterocycles. The van der Waals surface area contributed by atoms with Crippen LogP contribution in [0.25, 0.3) is 16.7 Å². The summed E-state index contributed by atoms with van der Waals surface area (Å²) in [5.41, 5.74) is 2.62. The van der Waals surface area contributed by atoms with Crippen LogP contribution in [0.2, 0.25) is 0 Å². The Labute approximate surface area is 166 Å². The summed E-state index contributed by atoms with van der Waals surface area (Å²) in [5.74, 6) is 0.365. The first-order valence-electron chi connectivity index (χ1n) is 9.00. The zero-order valence-corrected chi connectivity index (χ0v) is 16.0. The van der Waals surface area contributed by atoms with E-state index in [-0.39, 0.29) is 18.0 Å². The van der Waals surface area contributed by atoms with Crippen molar-refractivity contribution in [3.8, 4) is 11.4 Å². The van der Waals surface area contributed by atoms with Gasteiger partial charge in [-0.2, -0.15) is 5.10 Å². The highest BCUT2D eigenvalue weighted by Crippen LogP contribution is 2.17. The largest absolute Gasteiger partial charge is 0.497 e. The lowest BCUT2D eigenvalue weighted by molar-refractivity contribution is -0.116. The lowest BCUT2D eigenvalue weighted by Gasteiger charge is -2.09. The van der Waals surface area contributed by atoms with Gasteiger partial charge in [0.1, 0.15) is 24.0 Å². The molecule has 0 saturated heterocycles. The van der Waals surface area contributed by atoms with Crippen molar-refractivity contribution in [2.75, 3.05) is 12.4 Å². The molecule has 0 aliphatic rings. The first-order chi connectivity index (χ1) is 14.1. The highest BCUT2D eigenvalue weighted by Gasteiger charge is 2.14. The third-order valence-corrected chi connectivity index (χ3v) is 4.59. The number of carbonyl (C=O) groups excluding carboxylic acids is 1. The lowest BCUT2D eigenvalue weighted by Crippen LogP contribution is -2.27. The van der Waals surface area contributed by atoms with Gasteiger partial charge in [-0.25, -0.2) is 9.67 Å². The number of fused-ring (bicyclic) bond motifs is 1. The second kappa shape index (κ2) is 7.59. The van der Waals surface area contributed by atoms with Crippen molar-refractivity contribution < 1.29 is 9.53 Å². The van der Waals surface area contributed by atoms with E-state index in [1.165, 1.54) is 17.1 Å². The number of benzene rings is 2. The molecule has 0 spiro atoms. The van der Waals surface area contributed by atoms with Crippen LogP contribution in [0, 0.1) is 6.92 Å². The average Bonchev–Trinajstić information content (AvgIpc) is 3.16. The molecule has 4 aromatic rings. The summed E-state index contributed by atoms with van der Waals surface area (Å²) in [4.78, 5) is 29.5. The van der Waals surface area contributed by atoms with E-state index in [1.807, 2.05) is 31.2 Å². The maximum atomic E-state index is 12.8. The van der Waals surface area contributed by atoms with E-state index in [1.54, 1.807) is 36.1 Å². The fraction of sp³-hybridized carbons (Fsp3) is 0.143. The van der Waals surface area contributed by atoms with E-state index in [0.29, 0.717) is 22.5 Å².